The SMILES string of the molecule is CC(C)[C@@H](NCc1cc([N+](=O)[O-])cc2c1OCOC2)c1ccc(F)cc1. The molecule has 0 bridgehead atoms. The Morgan fingerprint density at radius 2 is 2.00 bits per heavy atom. The van der Waals surface area contributed by atoms with Gasteiger partial charge in [0.2, 0.25) is 0 Å². The summed E-state index contributed by atoms with van der Waals surface area (Å²) in [6.45, 7) is 4.94. The van der Waals surface area contributed by atoms with Crippen molar-refractivity contribution >= 4 is 5.69 Å². The minimum atomic E-state index is -0.418. The second-order valence-corrected chi connectivity index (χ2v) is 6.62. The molecule has 1 aliphatic heterocycles. The van der Waals surface area contributed by atoms with E-state index in [9.17, 15) is 14.5 Å². The molecule has 0 saturated carbocycles. The van der Waals surface area contributed by atoms with Crippen molar-refractivity contribution in [3.8, 4) is 5.75 Å². The Kier molecular flexibility index (Phi) is 5.49. The predicted molar refractivity (Wildman–Crippen MR) is 94.2 cm³/mol. The van der Waals surface area contributed by atoms with Gasteiger partial charge in [0.15, 0.2) is 6.79 Å². The summed E-state index contributed by atoms with van der Waals surface area (Å²) < 4.78 is 24.0. The highest BCUT2D eigenvalue weighted by molar-refractivity contribution is 5.50. The molecule has 0 saturated heterocycles. The third kappa shape index (κ3) is 4.00. The number of rotatable bonds is 6. The first-order valence-corrected chi connectivity index (χ1v) is 8.45. The highest BCUT2D eigenvalue weighted by Crippen LogP contribution is 2.33. The summed E-state index contributed by atoms with van der Waals surface area (Å²) in [6, 6.07) is 9.35. The number of halogens is 1. The van der Waals surface area contributed by atoms with Crippen LogP contribution in [0.3, 0.4) is 0 Å². The molecule has 3 rings (SSSR count). The highest BCUT2D eigenvalue weighted by atomic mass is 19.1. The van der Waals surface area contributed by atoms with Crippen molar-refractivity contribution < 1.29 is 18.8 Å². The maximum absolute atomic E-state index is 13.2. The molecule has 0 radical (unpaired) electrons. The van der Waals surface area contributed by atoms with Crippen molar-refractivity contribution in [2.45, 2.75) is 33.0 Å². The number of hydrogen-bond donors (Lipinski definition) is 1. The fourth-order valence-electron chi connectivity index (χ4n) is 3.15. The van der Waals surface area contributed by atoms with E-state index in [2.05, 4.69) is 19.2 Å². The Hall–Kier alpha value is -2.51. The van der Waals surface area contributed by atoms with Crippen molar-refractivity contribution in [3.05, 3.63) is 69.0 Å². The Morgan fingerprint density at radius 3 is 2.65 bits per heavy atom. The Labute approximate surface area is 151 Å². The minimum Gasteiger partial charge on any atom is -0.467 e. The number of ether oxygens (including phenoxy) is 2. The van der Waals surface area contributed by atoms with Gasteiger partial charge in [-0.25, -0.2) is 4.39 Å². The minimum absolute atomic E-state index is 0.0116. The molecular weight excluding hydrogens is 339 g/mol. The summed E-state index contributed by atoms with van der Waals surface area (Å²) in [7, 11) is 0. The molecule has 0 spiro atoms. The molecule has 0 aliphatic carbocycles. The maximum atomic E-state index is 13.2. The Balaban J connectivity index is 1.86. The van der Waals surface area contributed by atoms with Crippen LogP contribution < -0.4 is 10.1 Å². The molecule has 6 nitrogen and oxygen atoms in total. The first-order valence-electron chi connectivity index (χ1n) is 8.45. The largest absolute Gasteiger partial charge is 0.467 e. The Morgan fingerprint density at radius 1 is 1.27 bits per heavy atom. The lowest BCUT2D eigenvalue weighted by atomic mass is 9.95. The number of nitrogens with one attached hydrogen (secondary N) is 1. The average Bonchev–Trinajstić information content (AvgIpc) is 2.62. The number of benzene rings is 2. The standard InChI is InChI=1S/C19H21FN2O4/c1-12(2)18(13-3-5-16(20)6-4-13)21-9-14-7-17(22(23)24)8-15-10-25-11-26-19(14)15/h3-8,12,18,21H,9-11H2,1-2H3/t18-/m1/s1. The van der Waals surface area contributed by atoms with Gasteiger partial charge in [0.05, 0.1) is 11.5 Å². The van der Waals surface area contributed by atoms with Gasteiger partial charge in [0.25, 0.3) is 5.69 Å². The maximum Gasteiger partial charge on any atom is 0.270 e. The fourth-order valence-corrected chi connectivity index (χ4v) is 3.15. The summed E-state index contributed by atoms with van der Waals surface area (Å²) in [5.74, 6) is 0.604. The normalized spacial score (nSPS) is 14.6. The highest BCUT2D eigenvalue weighted by Gasteiger charge is 2.22. The number of non-ortho nitro benzene ring substituents is 1. The zero-order valence-corrected chi connectivity index (χ0v) is 14.7. The number of nitro groups is 1. The van der Waals surface area contributed by atoms with Gasteiger partial charge >= 0.3 is 0 Å². The van der Waals surface area contributed by atoms with Crippen molar-refractivity contribution in [2.75, 3.05) is 6.79 Å². The van der Waals surface area contributed by atoms with Crippen LogP contribution in [0.1, 0.15) is 36.6 Å². The van der Waals surface area contributed by atoms with E-state index in [1.54, 1.807) is 12.1 Å². The van der Waals surface area contributed by atoms with Gasteiger partial charge < -0.3 is 14.8 Å². The van der Waals surface area contributed by atoms with Gasteiger partial charge in [0.1, 0.15) is 11.6 Å². The van der Waals surface area contributed by atoms with Crippen LogP contribution in [0, 0.1) is 21.8 Å². The van der Waals surface area contributed by atoms with Gasteiger partial charge in [-0.3, -0.25) is 10.1 Å². The lowest BCUT2D eigenvalue weighted by molar-refractivity contribution is -0.385. The van der Waals surface area contributed by atoms with Gasteiger partial charge in [-0.2, -0.15) is 0 Å². The van der Waals surface area contributed by atoms with E-state index in [0.717, 1.165) is 5.56 Å². The molecule has 26 heavy (non-hydrogen) atoms. The molecule has 0 aromatic heterocycles. The van der Waals surface area contributed by atoms with Crippen molar-refractivity contribution in [1.82, 2.24) is 5.32 Å². The van der Waals surface area contributed by atoms with Crippen LogP contribution in [0.5, 0.6) is 5.75 Å². The van der Waals surface area contributed by atoms with E-state index in [1.165, 1.54) is 24.3 Å². The smallest absolute Gasteiger partial charge is 0.270 e. The van der Waals surface area contributed by atoms with Crippen LogP contribution in [0.4, 0.5) is 10.1 Å². The summed E-state index contributed by atoms with van der Waals surface area (Å²) in [5, 5.41) is 14.6. The van der Waals surface area contributed by atoms with Crippen molar-refractivity contribution in [2.24, 2.45) is 5.92 Å². The fraction of sp³-hybridized carbons (Fsp3) is 0.368. The van der Waals surface area contributed by atoms with Gasteiger partial charge in [-0.05, 0) is 23.6 Å². The van der Waals surface area contributed by atoms with Gasteiger partial charge in [-0.15, -0.1) is 0 Å². The molecule has 1 atom stereocenters. The first kappa shape index (κ1) is 18.3. The summed E-state index contributed by atoms with van der Waals surface area (Å²) in [4.78, 5) is 10.8. The number of nitro benzene ring substituents is 1. The lowest BCUT2D eigenvalue weighted by Crippen LogP contribution is -2.26. The third-order valence-electron chi connectivity index (χ3n) is 4.39. The molecule has 0 fully saturated rings. The molecule has 2 aromatic carbocycles. The Bertz CT molecular complexity index is 793. The molecule has 1 N–H and O–H groups in total. The molecule has 7 heteroatoms. The zero-order chi connectivity index (χ0) is 18.7. The quantitative estimate of drug-likeness (QED) is 0.620. The number of nitrogens with zero attached hydrogens (tertiary/aromatic N) is 1. The lowest BCUT2D eigenvalue weighted by Gasteiger charge is -2.25. The number of fused-ring (bicyclic) bond motifs is 1. The molecule has 1 aliphatic rings. The molecule has 0 unspecified atom stereocenters. The predicted octanol–water partition coefficient (Wildman–Crippen LogP) is 4.09. The van der Waals surface area contributed by atoms with Crippen molar-refractivity contribution in [3.63, 3.8) is 0 Å². The summed E-state index contributed by atoms with van der Waals surface area (Å²) >= 11 is 0. The van der Waals surface area contributed by atoms with E-state index in [-0.39, 0.29) is 36.9 Å². The summed E-state index contributed by atoms with van der Waals surface area (Å²) in [6.07, 6.45) is 0. The first-order chi connectivity index (χ1) is 12.5. The van der Waals surface area contributed by atoms with Gasteiger partial charge in [-0.1, -0.05) is 26.0 Å². The molecule has 1 heterocycles. The summed E-state index contributed by atoms with van der Waals surface area (Å²) in [5.41, 5.74) is 2.36. The van der Waals surface area contributed by atoms with E-state index in [0.29, 0.717) is 23.4 Å². The van der Waals surface area contributed by atoms with Crippen LogP contribution in [-0.4, -0.2) is 11.7 Å². The molecule has 0 amide bonds. The van der Waals surface area contributed by atoms with Gasteiger partial charge in [0, 0.05) is 35.8 Å². The van der Waals surface area contributed by atoms with Crippen LogP contribution in [0.15, 0.2) is 36.4 Å². The van der Waals surface area contributed by atoms with Crippen LogP contribution in [0.2, 0.25) is 0 Å². The zero-order valence-electron chi connectivity index (χ0n) is 14.7. The molecular formula is C19H21FN2O4. The van der Waals surface area contributed by atoms with E-state index in [4.69, 9.17) is 9.47 Å². The van der Waals surface area contributed by atoms with Crippen LogP contribution >= 0.6 is 0 Å². The molecule has 2 aromatic rings. The molecule has 138 valence electrons. The third-order valence-corrected chi connectivity index (χ3v) is 4.39. The topological polar surface area (TPSA) is 73.6 Å². The van der Waals surface area contributed by atoms with E-state index < -0.39 is 4.92 Å². The average molecular weight is 360 g/mol. The van der Waals surface area contributed by atoms with E-state index in [1.807, 2.05) is 0 Å². The monoisotopic (exact) mass is 360 g/mol. The number of hydrogen-bond acceptors (Lipinski definition) is 5. The van der Waals surface area contributed by atoms with E-state index >= 15 is 0 Å². The van der Waals surface area contributed by atoms with Crippen LogP contribution in [-0.2, 0) is 17.9 Å². The second-order valence-electron chi connectivity index (χ2n) is 6.62. The van der Waals surface area contributed by atoms with Crippen LogP contribution in [0.25, 0.3) is 0 Å². The van der Waals surface area contributed by atoms with Crippen molar-refractivity contribution in [1.29, 1.82) is 0 Å². The second kappa shape index (κ2) is 7.80.